The third-order valence-electron chi connectivity index (χ3n) is 2.09. The number of carbonyl (C=O) groups is 1. The third-order valence-corrected chi connectivity index (χ3v) is 2.09. The van der Waals surface area contributed by atoms with Gasteiger partial charge >= 0.3 is 0 Å². The van der Waals surface area contributed by atoms with Crippen molar-refractivity contribution in [1.29, 1.82) is 0 Å². The number of piperidine rings is 1. The highest BCUT2D eigenvalue weighted by molar-refractivity contribution is 5.37. The van der Waals surface area contributed by atoms with Crippen molar-refractivity contribution < 1.29 is 14.6 Å². The predicted molar refractivity (Wildman–Crippen MR) is 59.6 cm³/mol. The Hall–Kier alpha value is -0.610. The molecule has 0 radical (unpaired) electrons. The van der Waals surface area contributed by atoms with Gasteiger partial charge in [-0.05, 0) is 40.7 Å². The van der Waals surface area contributed by atoms with E-state index in [-0.39, 0.29) is 11.7 Å². The minimum absolute atomic E-state index is 0.0220. The van der Waals surface area contributed by atoms with Crippen molar-refractivity contribution in [2.45, 2.75) is 45.3 Å². The summed E-state index contributed by atoms with van der Waals surface area (Å²) in [5.74, 6) is 0. The van der Waals surface area contributed by atoms with Crippen molar-refractivity contribution in [2.75, 3.05) is 20.1 Å². The Morgan fingerprint density at radius 2 is 1.80 bits per heavy atom. The topological polar surface area (TPSA) is 49.8 Å². The predicted octanol–water partition coefficient (Wildman–Crippen LogP) is 1.03. The van der Waals surface area contributed by atoms with Gasteiger partial charge in [-0.3, -0.25) is 4.79 Å². The van der Waals surface area contributed by atoms with Crippen LogP contribution in [0.2, 0.25) is 0 Å². The van der Waals surface area contributed by atoms with E-state index >= 15 is 0 Å². The molecule has 1 aliphatic rings. The van der Waals surface area contributed by atoms with Gasteiger partial charge in [-0.15, -0.1) is 0 Å². The Balaban J connectivity index is 0.000000265. The van der Waals surface area contributed by atoms with E-state index in [1.165, 1.54) is 0 Å². The van der Waals surface area contributed by atoms with Crippen LogP contribution in [-0.4, -0.2) is 48.3 Å². The number of carbonyl (C=O) groups excluding carboxylic acids is 1. The molecule has 1 fully saturated rings. The molecule has 0 aromatic carbocycles. The summed E-state index contributed by atoms with van der Waals surface area (Å²) in [6, 6.07) is 0. The molecule has 1 rings (SSSR count). The molecule has 0 amide bonds. The van der Waals surface area contributed by atoms with Crippen molar-refractivity contribution >= 4 is 6.47 Å². The number of hydrogen-bond acceptors (Lipinski definition) is 4. The molecule has 90 valence electrons. The highest BCUT2D eigenvalue weighted by Gasteiger charge is 2.12. The molecule has 1 saturated heterocycles. The van der Waals surface area contributed by atoms with E-state index in [1.807, 2.05) is 20.8 Å². The van der Waals surface area contributed by atoms with Gasteiger partial charge in [0.1, 0.15) is 5.60 Å². The highest BCUT2D eigenvalue weighted by Crippen LogP contribution is 2.06. The zero-order valence-corrected chi connectivity index (χ0v) is 10.2. The molecule has 0 saturated carbocycles. The normalized spacial score (nSPS) is 19.0. The number of likely N-dealkylation sites (tertiary alicyclic amines) is 1. The third kappa shape index (κ3) is 9.69. The molecule has 1 aliphatic heterocycles. The molecule has 0 aromatic rings. The first kappa shape index (κ1) is 14.4. The number of rotatable bonds is 1. The molecular weight excluding hydrogens is 194 g/mol. The molecule has 0 aromatic heterocycles. The number of hydrogen-bond donors (Lipinski definition) is 1. The molecule has 15 heavy (non-hydrogen) atoms. The van der Waals surface area contributed by atoms with Crippen LogP contribution in [0.4, 0.5) is 0 Å². The quantitative estimate of drug-likeness (QED) is 0.667. The summed E-state index contributed by atoms with van der Waals surface area (Å²) in [5.41, 5.74) is -0.318. The fraction of sp³-hybridized carbons (Fsp3) is 0.909. The monoisotopic (exact) mass is 217 g/mol. The second-order valence-corrected chi connectivity index (χ2v) is 4.86. The zero-order chi connectivity index (χ0) is 11.9. The summed E-state index contributed by atoms with van der Waals surface area (Å²) < 4.78 is 4.55. The van der Waals surface area contributed by atoms with Crippen LogP contribution in [0.25, 0.3) is 0 Å². The number of nitrogens with zero attached hydrogens (tertiary/aromatic N) is 1. The molecule has 1 N–H and O–H groups in total. The van der Waals surface area contributed by atoms with E-state index in [4.69, 9.17) is 5.11 Å². The fourth-order valence-electron chi connectivity index (χ4n) is 1.14. The van der Waals surface area contributed by atoms with Gasteiger partial charge < -0.3 is 14.7 Å². The maximum absolute atomic E-state index is 9.60. The van der Waals surface area contributed by atoms with Crippen molar-refractivity contribution in [3.05, 3.63) is 0 Å². The van der Waals surface area contributed by atoms with Crippen LogP contribution in [0.1, 0.15) is 33.6 Å². The van der Waals surface area contributed by atoms with Gasteiger partial charge in [-0.2, -0.15) is 0 Å². The highest BCUT2D eigenvalue weighted by atomic mass is 16.5. The summed E-state index contributed by atoms with van der Waals surface area (Å²) >= 11 is 0. The van der Waals surface area contributed by atoms with E-state index in [1.54, 1.807) is 0 Å². The van der Waals surface area contributed by atoms with E-state index in [0.717, 1.165) is 25.9 Å². The average Bonchev–Trinajstić information content (AvgIpc) is 2.09. The summed E-state index contributed by atoms with van der Waals surface area (Å²) in [7, 11) is 2.09. The largest absolute Gasteiger partial charge is 0.462 e. The van der Waals surface area contributed by atoms with E-state index in [0.29, 0.717) is 6.47 Å². The van der Waals surface area contributed by atoms with Gasteiger partial charge in [0.25, 0.3) is 6.47 Å². The van der Waals surface area contributed by atoms with Crippen LogP contribution < -0.4 is 0 Å². The van der Waals surface area contributed by atoms with Gasteiger partial charge in [0.15, 0.2) is 0 Å². The summed E-state index contributed by atoms with van der Waals surface area (Å²) in [5, 5.41) is 9.00. The SMILES string of the molecule is CC(C)(C)OC=O.CN1CCC(O)CC1. The lowest BCUT2D eigenvalue weighted by atomic mass is 10.1. The molecule has 0 aliphatic carbocycles. The van der Waals surface area contributed by atoms with Crippen LogP contribution >= 0.6 is 0 Å². The van der Waals surface area contributed by atoms with Crippen molar-refractivity contribution in [3.63, 3.8) is 0 Å². The second kappa shape index (κ2) is 6.80. The van der Waals surface area contributed by atoms with Crippen molar-refractivity contribution in [2.24, 2.45) is 0 Å². The summed E-state index contributed by atoms with van der Waals surface area (Å²) in [6.07, 6.45) is 1.89. The van der Waals surface area contributed by atoms with Gasteiger partial charge in [0.05, 0.1) is 6.10 Å². The maximum atomic E-state index is 9.60. The van der Waals surface area contributed by atoms with Crippen LogP contribution in [0.5, 0.6) is 0 Å². The van der Waals surface area contributed by atoms with Crippen LogP contribution in [0.15, 0.2) is 0 Å². The summed E-state index contributed by atoms with van der Waals surface area (Å²) in [6.45, 7) is 8.03. The number of aliphatic hydroxyl groups excluding tert-OH is 1. The molecule has 4 heteroatoms. The maximum Gasteiger partial charge on any atom is 0.293 e. The minimum atomic E-state index is -0.318. The summed E-state index contributed by atoms with van der Waals surface area (Å²) in [4.78, 5) is 11.8. The standard InChI is InChI=1S/C6H13NO.C5H10O2/c1-7-4-2-6(8)3-5-7;1-5(2,3)7-4-6/h6,8H,2-5H2,1H3;4H,1-3H3. The fourth-order valence-corrected chi connectivity index (χ4v) is 1.14. The molecule has 0 atom stereocenters. The zero-order valence-electron chi connectivity index (χ0n) is 10.2. The molecule has 1 heterocycles. The lowest BCUT2D eigenvalue weighted by molar-refractivity contribution is -0.138. The van der Waals surface area contributed by atoms with Crippen molar-refractivity contribution in [3.8, 4) is 0 Å². The Morgan fingerprint density at radius 1 is 1.33 bits per heavy atom. The lowest BCUT2D eigenvalue weighted by Gasteiger charge is -2.25. The van der Waals surface area contributed by atoms with E-state index in [2.05, 4.69) is 16.7 Å². The average molecular weight is 217 g/mol. The molecule has 0 spiro atoms. The van der Waals surface area contributed by atoms with Crippen LogP contribution in [0, 0.1) is 0 Å². The van der Waals surface area contributed by atoms with Gasteiger partial charge in [-0.25, -0.2) is 0 Å². The van der Waals surface area contributed by atoms with E-state index in [9.17, 15) is 4.79 Å². The van der Waals surface area contributed by atoms with Crippen LogP contribution in [0.3, 0.4) is 0 Å². The van der Waals surface area contributed by atoms with Gasteiger partial charge in [-0.1, -0.05) is 0 Å². The Kier molecular flexibility index (Phi) is 6.52. The lowest BCUT2D eigenvalue weighted by Crippen LogP contribution is -2.32. The Morgan fingerprint density at radius 3 is 2.00 bits per heavy atom. The smallest absolute Gasteiger partial charge is 0.293 e. The second-order valence-electron chi connectivity index (χ2n) is 4.86. The molecule has 4 nitrogen and oxygen atoms in total. The van der Waals surface area contributed by atoms with Gasteiger partial charge in [0.2, 0.25) is 0 Å². The Labute approximate surface area is 92.2 Å². The minimum Gasteiger partial charge on any atom is -0.462 e. The van der Waals surface area contributed by atoms with Gasteiger partial charge in [0, 0.05) is 13.1 Å². The van der Waals surface area contributed by atoms with Crippen molar-refractivity contribution in [1.82, 2.24) is 4.90 Å². The molecule has 0 bridgehead atoms. The number of ether oxygens (including phenoxy) is 1. The first-order chi connectivity index (χ1) is 6.85. The number of aliphatic hydroxyl groups is 1. The first-order valence-corrected chi connectivity index (χ1v) is 5.33. The van der Waals surface area contributed by atoms with Crippen LogP contribution in [-0.2, 0) is 9.53 Å². The molecule has 0 unspecified atom stereocenters. The molecular formula is C11H23NO3. The van der Waals surface area contributed by atoms with E-state index < -0.39 is 0 Å². The Bertz CT molecular complexity index is 159. The first-order valence-electron chi connectivity index (χ1n) is 5.33.